The maximum Gasteiger partial charge on any atom is -0.358 e. The minimum atomic E-state index is -0.250. The van der Waals surface area contributed by atoms with Crippen molar-refractivity contribution in [1.82, 2.24) is 0 Å². The van der Waals surface area contributed by atoms with Gasteiger partial charge in [0.15, 0.2) is 0 Å². The Morgan fingerprint density at radius 3 is 1.52 bits per heavy atom. The quantitative estimate of drug-likeness (QED) is 0.493. The second kappa shape index (κ2) is 22.7. The fourth-order valence-electron chi connectivity index (χ4n) is 1.16. The van der Waals surface area contributed by atoms with Gasteiger partial charge >= 0.3 is 28.4 Å². The number of hydrogen-bond donors (Lipinski definition) is 1. The second-order valence-electron chi connectivity index (χ2n) is 5.63. The van der Waals surface area contributed by atoms with E-state index in [9.17, 15) is 0 Å². The Labute approximate surface area is 173 Å². The second-order valence-corrected chi connectivity index (χ2v) is 5.63. The van der Waals surface area contributed by atoms with Crippen molar-refractivity contribution in [2.45, 2.75) is 60.4 Å². The molecule has 0 amide bonds. The van der Waals surface area contributed by atoms with Crippen LogP contribution >= 0.6 is 24.8 Å². The van der Waals surface area contributed by atoms with Crippen LogP contribution in [-0.4, -0.2) is 21.5 Å². The van der Waals surface area contributed by atoms with E-state index < -0.39 is 0 Å². The molecule has 0 bridgehead atoms. The molecule has 1 aliphatic rings. The van der Waals surface area contributed by atoms with Gasteiger partial charge in [0.25, 0.3) is 0 Å². The summed E-state index contributed by atoms with van der Waals surface area (Å²) in [6.45, 7) is 17.8. The zero-order valence-corrected chi connectivity index (χ0v) is 20.3. The zero-order valence-electron chi connectivity index (χ0n) is 16.2. The van der Waals surface area contributed by atoms with Crippen molar-refractivity contribution in [2.24, 2.45) is 5.92 Å². The van der Waals surface area contributed by atoms with Crippen LogP contribution in [0.3, 0.4) is 0 Å². The van der Waals surface area contributed by atoms with Gasteiger partial charge in [-0.3, -0.25) is 6.08 Å². The predicted molar refractivity (Wildman–Crippen MR) is 109 cm³/mol. The first-order valence-corrected chi connectivity index (χ1v) is 8.56. The van der Waals surface area contributed by atoms with Crippen LogP contribution in [0.15, 0.2) is 16.7 Å². The van der Waals surface area contributed by atoms with E-state index in [1.807, 2.05) is 20.8 Å². The van der Waals surface area contributed by atoms with E-state index in [4.69, 9.17) is 10.8 Å². The Morgan fingerprint density at radius 2 is 1.48 bits per heavy atom. The number of rotatable bonds is 1. The molecule has 0 aromatic rings. The van der Waals surface area contributed by atoms with Crippen molar-refractivity contribution >= 4 is 29.0 Å². The van der Waals surface area contributed by atoms with Crippen LogP contribution in [0.1, 0.15) is 54.9 Å². The fourth-order valence-corrected chi connectivity index (χ4v) is 1.16. The van der Waals surface area contributed by atoms with E-state index in [1.54, 1.807) is 0 Å². The van der Waals surface area contributed by atoms with Crippen molar-refractivity contribution in [2.75, 3.05) is 6.61 Å². The smallest absolute Gasteiger partial charge is 0.358 e. The first kappa shape index (κ1) is 39.0. The molecule has 1 aliphatic carbocycles. The molecule has 142 valence electrons. The molecule has 1 unspecified atom stereocenters. The summed E-state index contributed by atoms with van der Waals surface area (Å²) in [5.41, 5.74) is 10.9. The summed E-state index contributed by atoms with van der Waals surface area (Å²) in [5, 5.41) is 7.81. The van der Waals surface area contributed by atoms with Crippen molar-refractivity contribution in [3.8, 4) is 0 Å². The SMILES string of the molecule is CC(C)(C)[NH-].CC1=[C-]C(C)C(C)=C1C.Cl.Cl.[CH2-]CCO.[CH2]=[Zr].[CH3-]. The Morgan fingerprint density at radius 1 is 1.22 bits per heavy atom. The first-order valence-electron chi connectivity index (χ1n) is 6.82. The number of aliphatic hydroxyl groups is 1. The molecule has 0 fully saturated rings. The van der Waals surface area contributed by atoms with Crippen LogP contribution in [0.5, 0.6) is 0 Å². The summed E-state index contributed by atoms with van der Waals surface area (Å²) in [7, 11) is 0. The standard InChI is InChI=1S/C9H13.C4H10N.C3H7O.CH3.CH2.2ClH.Zr/c1-6-5-7(2)9(4)8(6)3;1-4(2,3)5;1-2-3-4;;;;;/h6H,1-4H3;5H,1-3H3;4H,1-3H2;1H3;1H2;2*1H;/q4*-1;;;;. The van der Waals surface area contributed by atoms with Crippen molar-refractivity contribution in [3.63, 3.8) is 0 Å². The van der Waals surface area contributed by atoms with Gasteiger partial charge in [-0.1, -0.05) is 47.5 Å². The molecule has 0 heterocycles. The maximum absolute atomic E-state index is 7.81. The molecule has 5 heteroatoms. The van der Waals surface area contributed by atoms with Gasteiger partial charge in [0.05, 0.1) is 0 Å². The summed E-state index contributed by atoms with van der Waals surface area (Å²) in [4.78, 5) is 0. The number of halogens is 2. The van der Waals surface area contributed by atoms with E-state index in [-0.39, 0.29) is 44.4 Å². The van der Waals surface area contributed by atoms with Gasteiger partial charge in [0.1, 0.15) is 0 Å². The van der Waals surface area contributed by atoms with Gasteiger partial charge in [-0.05, 0) is 0 Å². The van der Waals surface area contributed by atoms with Crippen molar-refractivity contribution in [3.05, 3.63) is 42.9 Å². The van der Waals surface area contributed by atoms with Gasteiger partial charge in [0, 0.05) is 6.61 Å². The number of allylic oxidation sites excluding steroid dienone is 4. The zero-order chi connectivity index (χ0) is 16.9. The number of aliphatic hydroxyl groups excluding tert-OH is 1. The fraction of sp³-hybridized carbons (Fsp3) is 0.611. The summed E-state index contributed by atoms with van der Waals surface area (Å²) in [6.07, 6.45) is 3.98. The summed E-state index contributed by atoms with van der Waals surface area (Å²) in [6, 6.07) is 0. The molecule has 0 aromatic heterocycles. The Balaban J connectivity index is -0.0000000455. The minimum Gasteiger partial charge on any atom is -0.358 e. The van der Waals surface area contributed by atoms with E-state index in [1.165, 1.54) is 41.0 Å². The van der Waals surface area contributed by atoms with Gasteiger partial charge < -0.3 is 25.2 Å². The molecular weight excluding hydrogens is 408 g/mol. The minimum absolute atomic E-state index is 0. The maximum atomic E-state index is 7.81. The summed E-state index contributed by atoms with van der Waals surface area (Å²) in [5.74, 6) is 0.560. The van der Waals surface area contributed by atoms with E-state index in [0.717, 1.165) is 0 Å². The topological polar surface area (TPSA) is 44.0 Å². The van der Waals surface area contributed by atoms with Crippen molar-refractivity contribution < 1.29 is 29.3 Å². The van der Waals surface area contributed by atoms with E-state index in [0.29, 0.717) is 12.3 Å². The van der Waals surface area contributed by atoms with Crippen LogP contribution in [0.2, 0.25) is 0 Å². The molecule has 2 N–H and O–H groups in total. The van der Waals surface area contributed by atoms with Crippen LogP contribution < -0.4 is 0 Å². The van der Waals surface area contributed by atoms with Crippen LogP contribution in [0.25, 0.3) is 5.73 Å². The third kappa shape index (κ3) is 31.1. The van der Waals surface area contributed by atoms with Gasteiger partial charge in [0.2, 0.25) is 0 Å². The molecular formula is C18H37Cl2NOZr-4. The van der Waals surface area contributed by atoms with Gasteiger partial charge in [-0.15, -0.1) is 37.3 Å². The molecule has 23 heavy (non-hydrogen) atoms. The van der Waals surface area contributed by atoms with Crippen LogP contribution in [-0.2, 0) is 24.2 Å². The molecule has 2 nitrogen and oxygen atoms in total. The van der Waals surface area contributed by atoms with Gasteiger partial charge in [-0.25, -0.2) is 5.57 Å². The molecule has 0 saturated carbocycles. The van der Waals surface area contributed by atoms with E-state index in [2.05, 4.69) is 44.9 Å². The molecule has 1 rings (SSSR count). The molecule has 0 aliphatic heterocycles. The third-order valence-corrected chi connectivity index (χ3v) is 2.39. The number of hydrogen-bond acceptors (Lipinski definition) is 1. The first-order chi connectivity index (χ1) is 9.04. The Kier molecular flexibility index (Phi) is 38.6. The molecule has 0 saturated heterocycles. The molecule has 0 spiro atoms. The number of nitrogens with one attached hydrogen (secondary N) is 1. The predicted octanol–water partition coefficient (Wildman–Crippen LogP) is 6.02. The Hall–Kier alpha value is 0.733. The summed E-state index contributed by atoms with van der Waals surface area (Å²) >= 11 is 1.30. The average molecular weight is 446 g/mol. The van der Waals surface area contributed by atoms with Crippen LogP contribution in [0, 0.1) is 26.3 Å². The normalized spacial score (nSPS) is 14.7. The van der Waals surface area contributed by atoms with Crippen molar-refractivity contribution in [1.29, 1.82) is 0 Å². The van der Waals surface area contributed by atoms with Crippen LogP contribution in [0.4, 0.5) is 0 Å². The van der Waals surface area contributed by atoms with Gasteiger partial charge in [-0.2, -0.15) is 17.6 Å². The largest absolute Gasteiger partial charge is 0.358 e. The average Bonchev–Trinajstić information content (AvgIpc) is 2.57. The molecule has 0 aromatic carbocycles. The summed E-state index contributed by atoms with van der Waals surface area (Å²) < 4.78 is 3.34. The molecule has 0 radical (unpaired) electrons. The third-order valence-electron chi connectivity index (χ3n) is 2.39. The molecule has 1 atom stereocenters. The monoisotopic (exact) mass is 443 g/mol. The van der Waals surface area contributed by atoms with E-state index >= 15 is 0 Å². The Bertz CT molecular complexity index is 303.